The third-order valence-corrected chi connectivity index (χ3v) is 7.61. The molecule has 1 aliphatic rings. The van der Waals surface area contributed by atoms with Crippen molar-refractivity contribution in [1.29, 1.82) is 0 Å². The predicted molar refractivity (Wildman–Crippen MR) is 116 cm³/mol. The highest BCUT2D eigenvalue weighted by atomic mass is 32.1. The summed E-state index contributed by atoms with van der Waals surface area (Å²) in [4.78, 5) is 30.8. The smallest absolute Gasteiger partial charge is 0.310 e. The summed E-state index contributed by atoms with van der Waals surface area (Å²) in [7, 11) is 0. The van der Waals surface area contributed by atoms with Crippen molar-refractivity contribution in [2.75, 3.05) is 6.61 Å². The summed E-state index contributed by atoms with van der Waals surface area (Å²) in [6.45, 7) is 1.69. The molecular weight excluding hydrogens is 404 g/mol. The molecule has 3 unspecified atom stereocenters. The van der Waals surface area contributed by atoms with E-state index in [1.807, 2.05) is 42.6 Å². The summed E-state index contributed by atoms with van der Waals surface area (Å²) in [5.41, 5.74) is 0.979. The van der Waals surface area contributed by atoms with Crippen LogP contribution in [0.2, 0.25) is 0 Å². The molecule has 0 spiro atoms. The van der Waals surface area contributed by atoms with Crippen molar-refractivity contribution in [1.82, 2.24) is 10.3 Å². The van der Waals surface area contributed by atoms with Crippen LogP contribution in [0.4, 0.5) is 0 Å². The number of benzene rings is 1. The summed E-state index contributed by atoms with van der Waals surface area (Å²) in [5.74, 6) is -0.715. The van der Waals surface area contributed by atoms with Crippen LogP contribution in [0, 0.1) is 5.92 Å². The summed E-state index contributed by atoms with van der Waals surface area (Å²) in [5, 5.41) is 5.86. The van der Waals surface area contributed by atoms with E-state index in [-0.39, 0.29) is 36.4 Å². The van der Waals surface area contributed by atoms with E-state index in [1.54, 1.807) is 22.7 Å². The second-order valence-electron chi connectivity index (χ2n) is 7.43. The van der Waals surface area contributed by atoms with E-state index < -0.39 is 0 Å². The molecule has 2 aromatic heterocycles. The number of amides is 1. The molecule has 0 radical (unpaired) electrons. The maximum atomic E-state index is 12.8. The molecule has 1 N–H and O–H groups in total. The fourth-order valence-electron chi connectivity index (χ4n) is 3.89. The normalized spacial score (nSPS) is 20.3. The number of fused-ring (bicyclic) bond motifs is 1. The van der Waals surface area contributed by atoms with Gasteiger partial charge in [-0.25, -0.2) is 4.98 Å². The molecule has 3 aromatic rings. The Kier molecular flexibility index (Phi) is 6.25. The fraction of sp³-hybridized carbons (Fsp3) is 0.409. The van der Waals surface area contributed by atoms with Gasteiger partial charge in [0.05, 0.1) is 27.2 Å². The zero-order valence-corrected chi connectivity index (χ0v) is 17.9. The molecule has 0 bridgehead atoms. The Morgan fingerprint density at radius 2 is 2.03 bits per heavy atom. The van der Waals surface area contributed by atoms with Gasteiger partial charge in [0.2, 0.25) is 0 Å². The maximum Gasteiger partial charge on any atom is 0.310 e. The summed E-state index contributed by atoms with van der Waals surface area (Å²) < 4.78 is 6.56. The number of ether oxygens (including phenoxy) is 1. The number of carbonyl (C=O) groups is 2. The quantitative estimate of drug-likeness (QED) is 0.558. The molecule has 4 rings (SSSR count). The molecule has 5 nitrogen and oxygen atoms in total. The van der Waals surface area contributed by atoms with Gasteiger partial charge in [-0.15, -0.1) is 22.7 Å². The zero-order valence-electron chi connectivity index (χ0n) is 16.3. The van der Waals surface area contributed by atoms with Crippen molar-refractivity contribution in [3.8, 4) is 0 Å². The Hall–Kier alpha value is -2.25. The molecule has 29 heavy (non-hydrogen) atoms. The van der Waals surface area contributed by atoms with Gasteiger partial charge in [-0.2, -0.15) is 0 Å². The number of esters is 1. The van der Waals surface area contributed by atoms with Crippen LogP contribution in [-0.2, 0) is 14.3 Å². The number of thiazole rings is 1. The zero-order chi connectivity index (χ0) is 20.2. The minimum atomic E-state index is -0.284. The van der Waals surface area contributed by atoms with Gasteiger partial charge < -0.3 is 10.1 Å². The summed E-state index contributed by atoms with van der Waals surface area (Å²) >= 11 is 3.25. The van der Waals surface area contributed by atoms with Crippen molar-refractivity contribution in [3.63, 3.8) is 0 Å². The molecule has 2 heterocycles. The lowest BCUT2D eigenvalue weighted by Gasteiger charge is -2.28. The van der Waals surface area contributed by atoms with Crippen LogP contribution in [0.15, 0.2) is 41.8 Å². The molecule has 0 aliphatic heterocycles. The molecule has 152 valence electrons. The number of nitrogens with one attached hydrogen (secondary N) is 1. The standard InChI is InChI=1S/C22H24N2O3S2/c1-14(18-11-6-12-28-18)23-20(25)13-27-22(26)16-8-3-2-7-15(16)21-24-17-9-4-5-10-19(17)29-21/h4-6,9-12,14-16H,2-3,7-8,13H2,1H3,(H,23,25). The lowest BCUT2D eigenvalue weighted by Crippen LogP contribution is -2.33. The van der Waals surface area contributed by atoms with Gasteiger partial charge in [-0.1, -0.05) is 31.0 Å². The SMILES string of the molecule is CC(NC(=O)COC(=O)C1CCCCC1c1nc2ccccc2s1)c1cccs1. The first-order chi connectivity index (χ1) is 14.1. The highest BCUT2D eigenvalue weighted by molar-refractivity contribution is 7.18. The van der Waals surface area contributed by atoms with Crippen molar-refractivity contribution < 1.29 is 14.3 Å². The Morgan fingerprint density at radius 1 is 1.21 bits per heavy atom. The minimum absolute atomic E-state index is 0.0711. The van der Waals surface area contributed by atoms with Gasteiger partial charge in [0.15, 0.2) is 6.61 Å². The number of para-hydroxylation sites is 1. The molecule has 1 aromatic carbocycles. The number of thiophene rings is 1. The highest BCUT2D eigenvalue weighted by Crippen LogP contribution is 2.41. The van der Waals surface area contributed by atoms with E-state index >= 15 is 0 Å². The first-order valence-electron chi connectivity index (χ1n) is 9.96. The van der Waals surface area contributed by atoms with Gasteiger partial charge in [0, 0.05) is 10.8 Å². The van der Waals surface area contributed by atoms with Crippen LogP contribution in [0.3, 0.4) is 0 Å². The Morgan fingerprint density at radius 3 is 2.83 bits per heavy atom. The lowest BCUT2D eigenvalue weighted by atomic mass is 9.79. The molecule has 1 fully saturated rings. The van der Waals surface area contributed by atoms with Crippen molar-refractivity contribution in [2.24, 2.45) is 5.92 Å². The number of aromatic nitrogens is 1. The van der Waals surface area contributed by atoms with Crippen LogP contribution in [0.5, 0.6) is 0 Å². The van der Waals surface area contributed by atoms with Gasteiger partial charge >= 0.3 is 5.97 Å². The first kappa shape index (κ1) is 20.0. The van der Waals surface area contributed by atoms with Crippen LogP contribution >= 0.6 is 22.7 Å². The van der Waals surface area contributed by atoms with Gasteiger partial charge in [0.1, 0.15) is 0 Å². The molecular formula is C22H24N2O3S2. The summed E-state index contributed by atoms with van der Waals surface area (Å²) in [6, 6.07) is 11.9. The highest BCUT2D eigenvalue weighted by Gasteiger charge is 2.35. The largest absolute Gasteiger partial charge is 0.455 e. The first-order valence-corrected chi connectivity index (χ1v) is 11.7. The monoisotopic (exact) mass is 428 g/mol. The average molecular weight is 429 g/mol. The lowest BCUT2D eigenvalue weighted by molar-refractivity contribution is -0.154. The third-order valence-electron chi connectivity index (χ3n) is 5.39. The number of nitrogens with zero attached hydrogens (tertiary/aromatic N) is 1. The predicted octanol–water partition coefficient (Wildman–Crippen LogP) is 5.05. The van der Waals surface area contributed by atoms with Crippen molar-refractivity contribution in [2.45, 2.75) is 44.6 Å². The summed E-state index contributed by atoms with van der Waals surface area (Å²) in [6.07, 6.45) is 3.81. The molecule has 3 atom stereocenters. The topological polar surface area (TPSA) is 68.3 Å². The van der Waals surface area contributed by atoms with Crippen LogP contribution in [0.1, 0.15) is 54.5 Å². The number of hydrogen-bond acceptors (Lipinski definition) is 6. The van der Waals surface area contributed by atoms with E-state index in [9.17, 15) is 9.59 Å². The van der Waals surface area contributed by atoms with E-state index in [2.05, 4.69) is 11.4 Å². The van der Waals surface area contributed by atoms with Crippen LogP contribution < -0.4 is 5.32 Å². The number of rotatable bonds is 6. The van der Waals surface area contributed by atoms with E-state index in [1.165, 1.54) is 0 Å². The molecule has 7 heteroatoms. The van der Waals surface area contributed by atoms with E-state index in [0.717, 1.165) is 45.8 Å². The Bertz CT molecular complexity index is 950. The maximum absolute atomic E-state index is 12.8. The van der Waals surface area contributed by atoms with Crippen LogP contribution in [0.25, 0.3) is 10.2 Å². The molecule has 1 aliphatic carbocycles. The Balaban J connectivity index is 1.37. The fourth-order valence-corrected chi connectivity index (χ4v) is 5.79. The van der Waals surface area contributed by atoms with Crippen LogP contribution in [-0.4, -0.2) is 23.5 Å². The van der Waals surface area contributed by atoms with Crippen molar-refractivity contribution >= 4 is 44.8 Å². The molecule has 1 saturated carbocycles. The third kappa shape index (κ3) is 4.67. The Labute approximate surface area is 178 Å². The molecule has 0 saturated heterocycles. The van der Waals surface area contributed by atoms with Crippen molar-refractivity contribution in [3.05, 3.63) is 51.7 Å². The van der Waals surface area contributed by atoms with E-state index in [0.29, 0.717) is 0 Å². The van der Waals surface area contributed by atoms with E-state index in [4.69, 9.17) is 9.72 Å². The average Bonchev–Trinajstić information content (AvgIpc) is 3.41. The van der Waals surface area contributed by atoms with Gasteiger partial charge in [0.25, 0.3) is 5.91 Å². The minimum Gasteiger partial charge on any atom is -0.455 e. The number of carbonyl (C=O) groups excluding carboxylic acids is 2. The second kappa shape index (κ2) is 9.05. The van der Waals surface area contributed by atoms with Gasteiger partial charge in [-0.3, -0.25) is 9.59 Å². The molecule has 1 amide bonds. The number of hydrogen-bond donors (Lipinski definition) is 1. The van der Waals surface area contributed by atoms with Gasteiger partial charge in [-0.05, 0) is 43.3 Å². The second-order valence-corrected chi connectivity index (χ2v) is 9.47.